The highest BCUT2D eigenvalue weighted by Crippen LogP contribution is 2.17. The molecule has 0 heterocycles. The first-order valence-electron chi connectivity index (χ1n) is 4.01. The van der Waals surface area contributed by atoms with Crippen molar-refractivity contribution < 1.29 is 15.3 Å². The zero-order valence-corrected chi connectivity index (χ0v) is 7.33. The third-order valence-electron chi connectivity index (χ3n) is 1.92. The van der Waals surface area contributed by atoms with Crippen LogP contribution in [0, 0.1) is 0 Å². The fourth-order valence-corrected chi connectivity index (χ4v) is 1.12. The van der Waals surface area contributed by atoms with Crippen molar-refractivity contribution in [2.45, 2.75) is 18.3 Å². The van der Waals surface area contributed by atoms with Crippen molar-refractivity contribution in [1.82, 2.24) is 0 Å². The fourth-order valence-electron chi connectivity index (χ4n) is 1.12. The van der Waals surface area contributed by atoms with Crippen LogP contribution in [0.15, 0.2) is 28.8 Å². The second kappa shape index (κ2) is 4.32. The van der Waals surface area contributed by atoms with Crippen LogP contribution in [0.4, 0.5) is 0 Å². The molecule has 4 nitrogen and oxygen atoms in total. The molecule has 0 unspecified atom stereocenters. The highest BCUT2D eigenvalue weighted by atomic mass is 16.4. The van der Waals surface area contributed by atoms with Gasteiger partial charge in [0.15, 0.2) is 0 Å². The van der Waals surface area contributed by atoms with E-state index in [2.05, 4.69) is 4.99 Å². The molecule has 0 fully saturated rings. The van der Waals surface area contributed by atoms with Gasteiger partial charge >= 0.3 is 0 Å². The lowest BCUT2D eigenvalue weighted by Crippen LogP contribution is -2.39. The maximum absolute atomic E-state index is 9.44. The van der Waals surface area contributed by atoms with Crippen molar-refractivity contribution in [3.63, 3.8) is 0 Å². The first-order chi connectivity index (χ1) is 6.16. The highest BCUT2D eigenvalue weighted by molar-refractivity contribution is 5.73. The normalized spacial score (nSPS) is 37.5. The minimum Gasteiger partial charge on any atom is -0.387 e. The van der Waals surface area contributed by atoms with Crippen LogP contribution >= 0.6 is 0 Å². The van der Waals surface area contributed by atoms with Gasteiger partial charge in [0, 0.05) is 13.3 Å². The first kappa shape index (κ1) is 10.1. The maximum Gasteiger partial charge on any atom is 0.113 e. The van der Waals surface area contributed by atoms with Gasteiger partial charge in [-0.15, -0.1) is 0 Å². The van der Waals surface area contributed by atoms with Crippen LogP contribution in [-0.4, -0.2) is 46.9 Å². The molecule has 0 aromatic rings. The number of nitrogens with zero attached hydrogens (tertiary/aromatic N) is 1. The van der Waals surface area contributed by atoms with Gasteiger partial charge in [0.1, 0.15) is 18.3 Å². The predicted molar refractivity (Wildman–Crippen MR) is 49.7 cm³/mol. The number of aliphatic imine (C=N–C) groups is 1. The van der Waals surface area contributed by atoms with Crippen molar-refractivity contribution in [3.8, 4) is 0 Å². The molecule has 3 atom stereocenters. The van der Waals surface area contributed by atoms with Gasteiger partial charge in [-0.25, -0.2) is 0 Å². The maximum atomic E-state index is 9.44. The Bertz CT molecular complexity index is 258. The van der Waals surface area contributed by atoms with E-state index in [1.807, 2.05) is 0 Å². The van der Waals surface area contributed by atoms with E-state index in [1.165, 1.54) is 12.3 Å². The molecular formula is C9H13NO3. The van der Waals surface area contributed by atoms with E-state index >= 15 is 0 Å². The fraction of sp³-hybridized carbons (Fsp3) is 0.444. The summed E-state index contributed by atoms with van der Waals surface area (Å²) in [6, 6.07) is 0. The molecule has 1 aliphatic rings. The third kappa shape index (κ3) is 2.24. The summed E-state index contributed by atoms with van der Waals surface area (Å²) in [5.41, 5.74) is 0.545. The SMILES string of the molecule is C/N=C/C=C1\C=C[C@@H](O)[C@H](O)[C@H]1O. The van der Waals surface area contributed by atoms with Crippen molar-refractivity contribution in [1.29, 1.82) is 0 Å². The predicted octanol–water partition coefficient (Wildman–Crippen LogP) is -0.734. The molecular weight excluding hydrogens is 170 g/mol. The highest BCUT2D eigenvalue weighted by Gasteiger charge is 2.28. The summed E-state index contributed by atoms with van der Waals surface area (Å²) in [7, 11) is 1.61. The number of aliphatic hydroxyl groups is 3. The smallest absolute Gasteiger partial charge is 0.113 e. The van der Waals surface area contributed by atoms with E-state index in [-0.39, 0.29) is 0 Å². The van der Waals surface area contributed by atoms with Crippen molar-refractivity contribution in [2.24, 2.45) is 4.99 Å². The Morgan fingerprint density at radius 3 is 2.69 bits per heavy atom. The summed E-state index contributed by atoms with van der Waals surface area (Å²) in [6.07, 6.45) is 2.94. The summed E-state index contributed by atoms with van der Waals surface area (Å²) in [4.78, 5) is 3.72. The quantitative estimate of drug-likeness (QED) is 0.469. The number of hydrogen-bond acceptors (Lipinski definition) is 4. The molecule has 0 bridgehead atoms. The van der Waals surface area contributed by atoms with Gasteiger partial charge in [0.2, 0.25) is 0 Å². The van der Waals surface area contributed by atoms with Gasteiger partial charge in [-0.05, 0) is 11.6 Å². The molecule has 0 aliphatic heterocycles. The molecule has 0 aromatic carbocycles. The lowest BCUT2D eigenvalue weighted by atomic mass is 9.94. The molecule has 0 saturated heterocycles. The summed E-state index contributed by atoms with van der Waals surface area (Å²) >= 11 is 0. The van der Waals surface area contributed by atoms with Gasteiger partial charge in [0.25, 0.3) is 0 Å². The van der Waals surface area contributed by atoms with Gasteiger partial charge in [-0.2, -0.15) is 0 Å². The number of aliphatic hydroxyl groups excluding tert-OH is 3. The number of hydrogen-bond donors (Lipinski definition) is 3. The molecule has 72 valence electrons. The summed E-state index contributed by atoms with van der Waals surface area (Å²) in [5.74, 6) is 0. The van der Waals surface area contributed by atoms with Gasteiger partial charge < -0.3 is 15.3 Å². The minimum atomic E-state index is -1.15. The van der Waals surface area contributed by atoms with Crippen LogP contribution in [0.25, 0.3) is 0 Å². The topological polar surface area (TPSA) is 73.1 Å². The Labute approximate surface area is 76.6 Å². The van der Waals surface area contributed by atoms with E-state index < -0.39 is 18.3 Å². The van der Waals surface area contributed by atoms with E-state index in [9.17, 15) is 10.2 Å². The number of rotatable bonds is 1. The third-order valence-corrected chi connectivity index (χ3v) is 1.92. The molecule has 0 saturated carbocycles. The molecule has 3 N–H and O–H groups in total. The summed E-state index contributed by atoms with van der Waals surface area (Å²) in [6.45, 7) is 0. The standard InChI is InChI=1S/C9H13NO3/c1-10-5-4-6-2-3-7(11)9(13)8(6)12/h2-5,7-9,11-13H,1H3/b6-4+,10-5+/t7-,8+,9+/m1/s1. The molecule has 0 amide bonds. The molecule has 13 heavy (non-hydrogen) atoms. The van der Waals surface area contributed by atoms with E-state index in [1.54, 1.807) is 19.2 Å². The molecule has 1 rings (SSSR count). The zero-order valence-electron chi connectivity index (χ0n) is 7.33. The zero-order chi connectivity index (χ0) is 9.84. The van der Waals surface area contributed by atoms with Crippen LogP contribution in [-0.2, 0) is 0 Å². The lowest BCUT2D eigenvalue weighted by molar-refractivity contribution is -0.0284. The first-order valence-corrected chi connectivity index (χ1v) is 4.01. The Morgan fingerprint density at radius 1 is 1.38 bits per heavy atom. The Kier molecular flexibility index (Phi) is 3.36. The molecule has 4 heteroatoms. The van der Waals surface area contributed by atoms with E-state index in [0.29, 0.717) is 5.57 Å². The Balaban J connectivity index is 2.84. The van der Waals surface area contributed by atoms with Gasteiger partial charge in [0.05, 0.1) is 0 Å². The average molecular weight is 183 g/mol. The van der Waals surface area contributed by atoms with Crippen molar-refractivity contribution in [3.05, 3.63) is 23.8 Å². The average Bonchev–Trinajstić information content (AvgIpc) is 2.13. The van der Waals surface area contributed by atoms with E-state index in [0.717, 1.165) is 0 Å². The van der Waals surface area contributed by atoms with Gasteiger partial charge in [-0.1, -0.05) is 12.2 Å². The summed E-state index contributed by atoms with van der Waals surface area (Å²) < 4.78 is 0. The van der Waals surface area contributed by atoms with Crippen LogP contribution < -0.4 is 0 Å². The minimum absolute atomic E-state index is 0.545. The monoisotopic (exact) mass is 183 g/mol. The van der Waals surface area contributed by atoms with Crippen LogP contribution in [0.3, 0.4) is 0 Å². The van der Waals surface area contributed by atoms with Gasteiger partial charge in [-0.3, -0.25) is 4.99 Å². The largest absolute Gasteiger partial charge is 0.387 e. The van der Waals surface area contributed by atoms with Crippen LogP contribution in [0.2, 0.25) is 0 Å². The molecule has 0 radical (unpaired) electrons. The lowest BCUT2D eigenvalue weighted by Gasteiger charge is -2.25. The molecule has 0 spiro atoms. The van der Waals surface area contributed by atoms with E-state index in [4.69, 9.17) is 5.11 Å². The van der Waals surface area contributed by atoms with Crippen LogP contribution in [0.5, 0.6) is 0 Å². The Hall–Kier alpha value is -0.970. The molecule has 0 aromatic heterocycles. The summed E-state index contributed by atoms with van der Waals surface area (Å²) in [5, 5.41) is 27.9. The van der Waals surface area contributed by atoms with Crippen molar-refractivity contribution in [2.75, 3.05) is 7.05 Å². The van der Waals surface area contributed by atoms with Crippen LogP contribution in [0.1, 0.15) is 0 Å². The molecule has 1 aliphatic carbocycles. The van der Waals surface area contributed by atoms with Crippen molar-refractivity contribution >= 4 is 6.21 Å². The number of allylic oxidation sites excluding steroid dienone is 1. The Morgan fingerprint density at radius 2 is 2.08 bits per heavy atom. The second-order valence-electron chi connectivity index (χ2n) is 2.86. The second-order valence-corrected chi connectivity index (χ2v) is 2.86.